The van der Waals surface area contributed by atoms with Gasteiger partial charge in [-0.05, 0) is 0 Å². The van der Waals surface area contributed by atoms with Gasteiger partial charge in [0.2, 0.25) is 0 Å². The van der Waals surface area contributed by atoms with Crippen molar-refractivity contribution >= 4 is 40.4 Å². The van der Waals surface area contributed by atoms with Crippen LogP contribution < -0.4 is 36.7 Å². The number of hydrogen-bond donors (Lipinski definition) is 2. The van der Waals surface area contributed by atoms with E-state index in [2.05, 4.69) is 37.5 Å². The van der Waals surface area contributed by atoms with Crippen molar-refractivity contribution in [3.8, 4) is 0 Å². The Kier molecular flexibility index (Phi) is 7.32. The first-order chi connectivity index (χ1) is 17.6. The number of nitrogens with one attached hydrogen (secondary N) is 2. The van der Waals surface area contributed by atoms with E-state index in [1.165, 1.54) is 24.2 Å². The van der Waals surface area contributed by atoms with Crippen LogP contribution in [0, 0.1) is 5.13 Å². The summed E-state index contributed by atoms with van der Waals surface area (Å²) in [6.07, 6.45) is 1.97. The number of aromatic nitrogens is 3. The predicted octanol–water partition coefficient (Wildman–Crippen LogP) is -0.500. The third kappa shape index (κ3) is 5.69. The number of anilines is 3. The second-order valence-corrected chi connectivity index (χ2v) is 13.8. The molecule has 2 aromatic rings. The number of rotatable bonds is 5. The van der Waals surface area contributed by atoms with Crippen molar-refractivity contribution in [1.82, 2.24) is 24.8 Å². The van der Waals surface area contributed by atoms with Crippen molar-refractivity contribution in [2.24, 2.45) is 0 Å². The Bertz CT molecular complexity index is 1170. The van der Waals surface area contributed by atoms with Crippen molar-refractivity contribution in [2.75, 3.05) is 49.3 Å². The average molecular weight is 653 g/mol. The zero-order valence-electron chi connectivity index (χ0n) is 19.9. The zero-order valence-corrected chi connectivity index (χ0v) is 22.9. The van der Waals surface area contributed by atoms with Gasteiger partial charge in [-0.1, -0.05) is 11.3 Å². The van der Waals surface area contributed by atoms with Crippen LogP contribution in [0.25, 0.3) is 0 Å². The molecule has 0 radical (unpaired) electrons. The summed E-state index contributed by atoms with van der Waals surface area (Å²) in [7, 11) is 3.34. The van der Waals surface area contributed by atoms with E-state index in [9.17, 15) is 22.8 Å². The molecule has 3 fully saturated rings. The third-order valence-electron chi connectivity index (χ3n) is 6.57. The topological polar surface area (TPSA) is 116 Å². The predicted molar refractivity (Wildman–Crippen MR) is 125 cm³/mol. The molecular weight excluding hydrogens is 628 g/mol. The Labute approximate surface area is 225 Å². The standard InChI is InChI=1S/C21H25F3IN8O3S/c1-31-9-11-12(7-15(31)25-11)36-20(35)29-16-3-5-26-17(28-16)33-6-4-21(23,24)13(10-33)32(2)19(34)30-18-27-8-14(22)37-18/h3,5,8,11-13,15H,4,6-7,9-10H2,1-2H3,(H,27,30,34)(H,26,28,29,35)/q-1/t11-,12+,13+,15+/m1/s1. The first kappa shape index (κ1) is 26.1. The van der Waals surface area contributed by atoms with E-state index in [0.29, 0.717) is 19.3 Å². The molecular formula is C21H25F3IN8O3S-. The van der Waals surface area contributed by atoms with Gasteiger partial charge in [-0.2, -0.15) is 4.39 Å². The van der Waals surface area contributed by atoms with Gasteiger partial charge in [0, 0.05) is 7.05 Å². The second kappa shape index (κ2) is 10.4. The number of ether oxygens (including phenoxy) is 1. The van der Waals surface area contributed by atoms with Crippen LogP contribution in [-0.2, 0) is 4.74 Å². The van der Waals surface area contributed by atoms with Crippen LogP contribution in [0.1, 0.15) is 12.8 Å². The van der Waals surface area contributed by atoms with Gasteiger partial charge in [-0.25, -0.2) is 18.6 Å². The van der Waals surface area contributed by atoms with E-state index in [0.717, 1.165) is 24.1 Å². The fourth-order valence-corrected chi connectivity index (χ4v) is 9.47. The van der Waals surface area contributed by atoms with Crippen LogP contribution in [0.2, 0.25) is 0 Å². The average Bonchev–Trinajstić information content (AvgIpc) is 3.54. The minimum atomic E-state index is -3.17. The molecule has 3 amide bonds. The monoisotopic (exact) mass is 653 g/mol. The summed E-state index contributed by atoms with van der Waals surface area (Å²) in [5.41, 5.74) is 0. The van der Waals surface area contributed by atoms with Crippen molar-refractivity contribution in [2.45, 2.75) is 38.9 Å². The van der Waals surface area contributed by atoms with E-state index in [1.54, 1.807) is 0 Å². The number of hydrogen-bond acceptors (Lipinski definition) is 9. The number of piperidine rings is 2. The summed E-state index contributed by atoms with van der Waals surface area (Å²) in [4.78, 5) is 41.9. The van der Waals surface area contributed by atoms with E-state index in [1.807, 2.05) is 0 Å². The first-order valence-corrected chi connectivity index (χ1v) is 14.8. The molecule has 0 spiro atoms. The molecule has 2 N–H and O–H groups in total. The van der Waals surface area contributed by atoms with E-state index < -0.39 is 35.6 Å². The Morgan fingerprint density at radius 2 is 2.11 bits per heavy atom. The molecule has 16 heteroatoms. The maximum absolute atomic E-state index is 14.8. The van der Waals surface area contributed by atoms with Crippen LogP contribution in [0.15, 0.2) is 18.5 Å². The molecule has 11 nitrogen and oxygen atoms in total. The second-order valence-electron chi connectivity index (χ2n) is 9.05. The normalized spacial score (nSPS) is 26.9. The van der Waals surface area contributed by atoms with Gasteiger partial charge in [0.25, 0.3) is 0 Å². The molecule has 0 aliphatic carbocycles. The van der Waals surface area contributed by atoms with E-state index in [4.69, 9.17) is 4.74 Å². The van der Waals surface area contributed by atoms with Gasteiger partial charge in [0.1, 0.15) is 0 Å². The number of halogens is 4. The number of alkyl halides is 4. The van der Waals surface area contributed by atoms with Crippen molar-refractivity contribution in [3.05, 3.63) is 23.6 Å². The maximum atomic E-state index is 14.8. The fourth-order valence-electron chi connectivity index (χ4n) is 4.55. The summed E-state index contributed by atoms with van der Waals surface area (Å²) >= 11 is 0.576. The number of fused-ring (bicyclic) bond motifs is 2. The summed E-state index contributed by atoms with van der Waals surface area (Å²) in [6.45, 7) is 0.647. The first-order valence-electron chi connectivity index (χ1n) is 11.5. The molecule has 0 saturated carbocycles. The SMILES string of the molecule is CN1C[C@H]2[I-][C@@H]1C[C@@H]2OC(=O)Nc1ccnc(N2CCC(F)(F)[C@@H](N(C)C(=O)Nc3ncc(F)s3)C2)n1. The number of amides is 3. The van der Waals surface area contributed by atoms with Crippen LogP contribution in [-0.4, -0.2) is 96.6 Å². The molecule has 2 aromatic heterocycles. The summed E-state index contributed by atoms with van der Waals surface area (Å²) < 4.78 is 49.4. The van der Waals surface area contributed by atoms with Gasteiger partial charge < -0.3 is 0 Å². The van der Waals surface area contributed by atoms with Crippen LogP contribution in [0.4, 0.5) is 39.7 Å². The molecule has 4 atom stereocenters. The number of urea groups is 1. The van der Waals surface area contributed by atoms with Gasteiger partial charge in [-0.3, -0.25) is 5.32 Å². The molecule has 0 aromatic carbocycles. The molecule has 3 aliphatic rings. The molecule has 0 unspecified atom stereocenters. The molecule has 202 valence electrons. The van der Waals surface area contributed by atoms with Crippen molar-refractivity contribution in [3.63, 3.8) is 0 Å². The van der Waals surface area contributed by atoms with Crippen LogP contribution in [0.3, 0.4) is 0 Å². The van der Waals surface area contributed by atoms with Gasteiger partial charge in [0.05, 0.1) is 6.20 Å². The van der Waals surface area contributed by atoms with Gasteiger partial charge >= 0.3 is 162 Å². The Morgan fingerprint density at radius 1 is 1.30 bits per heavy atom. The Balaban J connectivity index is 1.21. The van der Waals surface area contributed by atoms with Crippen molar-refractivity contribution < 1.29 is 48.7 Å². The minimum absolute atomic E-state index is 0.0212. The van der Waals surface area contributed by atoms with Crippen molar-refractivity contribution in [1.29, 1.82) is 0 Å². The molecule has 3 saturated heterocycles. The summed E-state index contributed by atoms with van der Waals surface area (Å²) in [5.74, 6) is -2.84. The van der Waals surface area contributed by atoms with Gasteiger partial charge in [-0.15, -0.1) is 0 Å². The quantitative estimate of drug-likeness (QED) is 0.253. The summed E-state index contributed by atoms with van der Waals surface area (Å²) in [6, 6.07) is -0.848. The zero-order chi connectivity index (χ0) is 26.3. The summed E-state index contributed by atoms with van der Waals surface area (Å²) in [5, 5.41) is 4.32. The van der Waals surface area contributed by atoms with Crippen LogP contribution in [0.5, 0.6) is 0 Å². The number of carbonyl (C=O) groups excluding carboxylic acids is 2. The number of thiazole rings is 1. The van der Waals surface area contributed by atoms with Gasteiger partial charge in [0.15, 0.2) is 10.3 Å². The molecule has 2 bridgehead atoms. The molecule has 3 aliphatic heterocycles. The Hall–Kier alpha value is -2.47. The molecule has 5 heterocycles. The van der Waals surface area contributed by atoms with Crippen LogP contribution >= 0.6 is 11.3 Å². The number of likely N-dealkylation sites (N-methyl/N-ethyl adjacent to an activating group) is 1. The third-order valence-corrected chi connectivity index (χ3v) is 11.7. The van der Waals surface area contributed by atoms with E-state index >= 15 is 0 Å². The number of likely N-dealkylation sites (tertiary alicyclic amines) is 1. The molecule has 5 rings (SSSR count). The Morgan fingerprint density at radius 3 is 2.78 bits per heavy atom. The fraction of sp³-hybridized carbons (Fsp3) is 0.571. The number of nitrogens with zero attached hydrogens (tertiary/aromatic N) is 6. The number of carbonyl (C=O) groups is 2. The molecule has 37 heavy (non-hydrogen) atoms. The van der Waals surface area contributed by atoms with E-state index in [-0.39, 0.29) is 57.3 Å².